The van der Waals surface area contributed by atoms with E-state index in [0.29, 0.717) is 19.0 Å². The Morgan fingerprint density at radius 1 is 1.19 bits per heavy atom. The molecule has 3 aliphatic rings. The van der Waals surface area contributed by atoms with Crippen molar-refractivity contribution < 1.29 is 9.53 Å². The summed E-state index contributed by atoms with van der Waals surface area (Å²) in [5.74, 6) is 2.27. The van der Waals surface area contributed by atoms with Gasteiger partial charge in [0.1, 0.15) is 11.6 Å². The second kappa shape index (κ2) is 8.46. The molecule has 2 fully saturated rings. The Hall–Kier alpha value is -2.67. The predicted octanol–water partition coefficient (Wildman–Crippen LogP) is 2.45. The molecule has 2 aromatic rings. The van der Waals surface area contributed by atoms with Crippen LogP contribution < -0.4 is 10.3 Å². The number of ether oxygens (including phenoxy) is 1. The molecule has 1 saturated carbocycles. The SMILES string of the molecule is COc1ccc(CN2CCc3nc(C4CCN(C(=O)C5CCC5)C4)[nH]c(=O)c3C2)cc1. The van der Waals surface area contributed by atoms with Crippen molar-refractivity contribution in [3.05, 3.63) is 57.3 Å². The number of methoxy groups -OCH3 is 1. The molecule has 1 atom stereocenters. The highest BCUT2D eigenvalue weighted by molar-refractivity contribution is 5.80. The van der Waals surface area contributed by atoms with Crippen molar-refractivity contribution in [2.24, 2.45) is 5.92 Å². The van der Waals surface area contributed by atoms with E-state index < -0.39 is 0 Å². The number of carbonyl (C=O) groups excluding carboxylic acids is 1. The van der Waals surface area contributed by atoms with Crippen LogP contribution in [0, 0.1) is 5.92 Å². The molecule has 1 amide bonds. The number of hydrogen-bond acceptors (Lipinski definition) is 5. The van der Waals surface area contributed by atoms with Gasteiger partial charge in [0.25, 0.3) is 5.56 Å². The van der Waals surface area contributed by atoms with Crippen LogP contribution in [0.2, 0.25) is 0 Å². The van der Waals surface area contributed by atoms with E-state index in [0.717, 1.165) is 68.1 Å². The number of nitrogens with zero attached hydrogens (tertiary/aromatic N) is 3. The first kappa shape index (κ1) is 20.2. The lowest BCUT2D eigenvalue weighted by molar-refractivity contribution is -0.137. The molecule has 2 aliphatic heterocycles. The van der Waals surface area contributed by atoms with Gasteiger partial charge in [0.2, 0.25) is 5.91 Å². The second-order valence-corrected chi connectivity index (χ2v) is 9.08. The molecule has 0 radical (unpaired) electrons. The summed E-state index contributed by atoms with van der Waals surface area (Å²) in [6, 6.07) is 8.07. The maximum absolute atomic E-state index is 12.9. The van der Waals surface area contributed by atoms with Gasteiger partial charge in [0, 0.05) is 51.0 Å². The van der Waals surface area contributed by atoms with Gasteiger partial charge in [0.15, 0.2) is 0 Å². The summed E-state index contributed by atoms with van der Waals surface area (Å²) in [7, 11) is 1.67. The van der Waals surface area contributed by atoms with E-state index >= 15 is 0 Å². The van der Waals surface area contributed by atoms with E-state index in [9.17, 15) is 9.59 Å². The number of benzene rings is 1. The lowest BCUT2D eigenvalue weighted by Gasteiger charge is -2.29. The van der Waals surface area contributed by atoms with Crippen LogP contribution in [-0.2, 0) is 24.3 Å². The molecular weight excluding hydrogens is 392 g/mol. The number of rotatable bonds is 5. The average Bonchev–Trinajstić information content (AvgIpc) is 3.24. The van der Waals surface area contributed by atoms with Gasteiger partial charge in [-0.3, -0.25) is 14.5 Å². The van der Waals surface area contributed by atoms with Gasteiger partial charge in [0.05, 0.1) is 18.4 Å². The molecule has 164 valence electrons. The maximum Gasteiger partial charge on any atom is 0.255 e. The molecule has 1 aromatic carbocycles. The molecule has 7 heteroatoms. The molecule has 1 saturated heterocycles. The van der Waals surface area contributed by atoms with Crippen molar-refractivity contribution in [3.8, 4) is 5.75 Å². The second-order valence-electron chi connectivity index (χ2n) is 9.08. The summed E-state index contributed by atoms with van der Waals surface area (Å²) in [5.41, 5.74) is 2.88. The van der Waals surface area contributed by atoms with Crippen LogP contribution in [0.25, 0.3) is 0 Å². The smallest absolute Gasteiger partial charge is 0.255 e. The Labute approximate surface area is 182 Å². The summed E-state index contributed by atoms with van der Waals surface area (Å²) in [5, 5.41) is 0. The van der Waals surface area contributed by atoms with Crippen LogP contribution in [0.15, 0.2) is 29.1 Å². The van der Waals surface area contributed by atoms with E-state index in [2.05, 4.69) is 22.0 Å². The minimum absolute atomic E-state index is 0.0248. The summed E-state index contributed by atoms with van der Waals surface area (Å²) in [4.78, 5) is 37.6. The Bertz CT molecular complexity index is 1010. The third kappa shape index (κ3) is 4.11. The number of carbonyl (C=O) groups is 1. The number of likely N-dealkylation sites (tertiary alicyclic amines) is 1. The van der Waals surface area contributed by atoms with Crippen molar-refractivity contribution >= 4 is 5.91 Å². The summed E-state index contributed by atoms with van der Waals surface area (Å²) < 4.78 is 5.23. The van der Waals surface area contributed by atoms with Crippen LogP contribution >= 0.6 is 0 Å². The fourth-order valence-corrected chi connectivity index (χ4v) is 4.91. The molecule has 1 unspecified atom stereocenters. The molecule has 5 rings (SSSR count). The van der Waals surface area contributed by atoms with E-state index in [1.807, 2.05) is 17.0 Å². The van der Waals surface area contributed by atoms with Gasteiger partial charge in [-0.15, -0.1) is 0 Å². The van der Waals surface area contributed by atoms with E-state index in [1.54, 1.807) is 7.11 Å². The average molecular weight is 423 g/mol. The van der Waals surface area contributed by atoms with Gasteiger partial charge < -0.3 is 14.6 Å². The van der Waals surface area contributed by atoms with Crippen molar-refractivity contribution in [2.45, 2.75) is 51.1 Å². The summed E-state index contributed by atoms with van der Waals surface area (Å²) in [6.45, 7) is 3.75. The molecule has 0 spiro atoms. The summed E-state index contributed by atoms with van der Waals surface area (Å²) in [6.07, 6.45) is 4.88. The van der Waals surface area contributed by atoms with E-state index in [1.165, 1.54) is 12.0 Å². The first-order valence-electron chi connectivity index (χ1n) is 11.4. The van der Waals surface area contributed by atoms with Gasteiger partial charge in [-0.25, -0.2) is 4.98 Å². The molecule has 1 aromatic heterocycles. The largest absolute Gasteiger partial charge is 0.497 e. The summed E-state index contributed by atoms with van der Waals surface area (Å²) >= 11 is 0. The molecule has 3 heterocycles. The molecule has 0 bridgehead atoms. The first-order chi connectivity index (χ1) is 15.1. The zero-order chi connectivity index (χ0) is 21.4. The van der Waals surface area contributed by atoms with Crippen LogP contribution in [0.4, 0.5) is 0 Å². The highest BCUT2D eigenvalue weighted by Crippen LogP contribution is 2.32. The van der Waals surface area contributed by atoms with Crippen molar-refractivity contribution in [2.75, 3.05) is 26.7 Å². The van der Waals surface area contributed by atoms with Gasteiger partial charge in [-0.05, 0) is 37.0 Å². The van der Waals surface area contributed by atoms with Gasteiger partial charge in [-0.2, -0.15) is 0 Å². The molecule has 7 nitrogen and oxygen atoms in total. The minimum atomic E-state index is -0.0248. The lowest BCUT2D eigenvalue weighted by Crippen LogP contribution is -2.38. The third-order valence-corrected chi connectivity index (χ3v) is 7.07. The van der Waals surface area contributed by atoms with Crippen molar-refractivity contribution in [1.82, 2.24) is 19.8 Å². The standard InChI is InChI=1S/C24H30N4O3/c1-31-19-7-5-16(6-8-19)13-27-11-10-21-20(15-27)23(29)26-22(25-21)18-9-12-28(14-18)24(30)17-3-2-4-17/h5-8,17-18H,2-4,9-15H2,1H3,(H,25,26,29). The Morgan fingerprint density at radius 3 is 2.71 bits per heavy atom. The Morgan fingerprint density at radius 2 is 2.00 bits per heavy atom. The van der Waals surface area contributed by atoms with Gasteiger partial charge in [-0.1, -0.05) is 18.6 Å². The number of H-pyrrole nitrogens is 1. The number of aromatic nitrogens is 2. The van der Waals surface area contributed by atoms with Crippen LogP contribution in [-0.4, -0.2) is 52.4 Å². The van der Waals surface area contributed by atoms with E-state index in [4.69, 9.17) is 9.72 Å². The highest BCUT2D eigenvalue weighted by atomic mass is 16.5. The number of aromatic amines is 1. The molecular formula is C24H30N4O3. The molecule has 1 aliphatic carbocycles. The van der Waals surface area contributed by atoms with E-state index in [-0.39, 0.29) is 17.4 Å². The number of nitrogens with one attached hydrogen (secondary N) is 1. The van der Waals surface area contributed by atoms with Crippen molar-refractivity contribution in [3.63, 3.8) is 0 Å². The fraction of sp³-hybridized carbons (Fsp3) is 0.542. The number of hydrogen-bond donors (Lipinski definition) is 1. The Kier molecular flexibility index (Phi) is 5.52. The quantitative estimate of drug-likeness (QED) is 0.801. The molecule has 1 N–H and O–H groups in total. The van der Waals surface area contributed by atoms with Crippen molar-refractivity contribution in [1.29, 1.82) is 0 Å². The highest BCUT2D eigenvalue weighted by Gasteiger charge is 2.35. The Balaban J connectivity index is 1.25. The van der Waals surface area contributed by atoms with Gasteiger partial charge >= 0.3 is 0 Å². The lowest BCUT2D eigenvalue weighted by atomic mass is 9.84. The zero-order valence-electron chi connectivity index (χ0n) is 18.1. The predicted molar refractivity (Wildman–Crippen MR) is 117 cm³/mol. The molecule has 31 heavy (non-hydrogen) atoms. The first-order valence-corrected chi connectivity index (χ1v) is 11.4. The fourth-order valence-electron chi connectivity index (χ4n) is 4.91. The minimum Gasteiger partial charge on any atom is -0.497 e. The number of amides is 1. The zero-order valence-corrected chi connectivity index (χ0v) is 18.1. The third-order valence-electron chi connectivity index (χ3n) is 7.07. The maximum atomic E-state index is 12.9. The number of fused-ring (bicyclic) bond motifs is 1. The van der Waals surface area contributed by atoms with Crippen LogP contribution in [0.1, 0.15) is 54.2 Å². The van der Waals surface area contributed by atoms with Crippen LogP contribution in [0.3, 0.4) is 0 Å². The normalized spacial score (nSPS) is 21.6. The van der Waals surface area contributed by atoms with Crippen LogP contribution in [0.5, 0.6) is 5.75 Å². The monoisotopic (exact) mass is 422 g/mol. The topological polar surface area (TPSA) is 78.5 Å².